The molecule has 4 rings (SSSR count). The summed E-state index contributed by atoms with van der Waals surface area (Å²) >= 11 is 0. The van der Waals surface area contributed by atoms with Crippen molar-refractivity contribution in [1.29, 1.82) is 5.41 Å². The lowest BCUT2D eigenvalue weighted by molar-refractivity contribution is 0.0429. The maximum Gasteiger partial charge on any atom is 0.425 e. The van der Waals surface area contributed by atoms with E-state index in [9.17, 15) is 18.0 Å². The van der Waals surface area contributed by atoms with Crippen LogP contribution in [0.25, 0.3) is 28.3 Å². The second kappa shape index (κ2) is 14.0. The molecule has 0 saturated carbocycles. The van der Waals surface area contributed by atoms with E-state index in [2.05, 4.69) is 15.5 Å². The highest BCUT2D eigenvalue weighted by Crippen LogP contribution is 2.35. The van der Waals surface area contributed by atoms with Gasteiger partial charge in [-0.25, -0.2) is 28.0 Å². The number of carbonyl (C=O) groups excluding carboxylic acids is 2. The van der Waals surface area contributed by atoms with Crippen molar-refractivity contribution in [3.05, 3.63) is 72.2 Å². The van der Waals surface area contributed by atoms with Gasteiger partial charge in [0.25, 0.3) is 0 Å². The number of anilines is 1. The zero-order valence-electron chi connectivity index (χ0n) is 28.7. The maximum atomic E-state index is 13.6. The SMILES string of the molecule is CC(C)S(=O)(=O)c1ccc(-c2cnc(N(C(=O)OC(C)(C)C)C(=O)OC(C)(C)C)c(-c3cc(C4=CCC(=CNC(=N)N)C=C4)no3)n2)cc1. The zero-order chi connectivity index (χ0) is 36.3. The molecular weight excluding hydrogens is 650 g/mol. The van der Waals surface area contributed by atoms with Gasteiger partial charge < -0.3 is 25.0 Å². The van der Waals surface area contributed by atoms with Crippen LogP contribution in [0, 0.1) is 5.41 Å². The van der Waals surface area contributed by atoms with Crippen molar-refractivity contribution < 1.29 is 32.0 Å². The quantitative estimate of drug-likeness (QED) is 0.183. The van der Waals surface area contributed by atoms with Crippen LogP contribution >= 0.6 is 0 Å². The van der Waals surface area contributed by atoms with Crippen LogP contribution in [0.5, 0.6) is 0 Å². The van der Waals surface area contributed by atoms with Crippen LogP contribution in [0.3, 0.4) is 0 Å². The monoisotopic (exact) mass is 691 g/mol. The van der Waals surface area contributed by atoms with Gasteiger partial charge in [-0.1, -0.05) is 35.5 Å². The summed E-state index contributed by atoms with van der Waals surface area (Å²) in [5, 5.41) is 13.6. The van der Waals surface area contributed by atoms with E-state index in [-0.39, 0.29) is 28.1 Å². The fourth-order valence-electron chi connectivity index (χ4n) is 4.35. The summed E-state index contributed by atoms with van der Waals surface area (Å²) in [6, 6.07) is 7.75. The van der Waals surface area contributed by atoms with Crippen LogP contribution in [0.4, 0.5) is 15.4 Å². The van der Waals surface area contributed by atoms with Crippen molar-refractivity contribution >= 4 is 39.4 Å². The van der Waals surface area contributed by atoms with Crippen LogP contribution < -0.4 is 16.0 Å². The molecule has 49 heavy (non-hydrogen) atoms. The minimum atomic E-state index is -3.51. The highest BCUT2D eigenvalue weighted by molar-refractivity contribution is 7.92. The molecule has 1 aromatic carbocycles. The average Bonchev–Trinajstić information content (AvgIpc) is 3.49. The molecule has 260 valence electrons. The van der Waals surface area contributed by atoms with Gasteiger partial charge in [-0.05, 0) is 79.5 Å². The minimum Gasteiger partial charge on any atom is -0.443 e. The van der Waals surface area contributed by atoms with Crippen molar-refractivity contribution in [3.8, 4) is 22.7 Å². The molecule has 3 aromatic rings. The number of allylic oxidation sites excluding steroid dienone is 5. The number of nitrogens with zero attached hydrogens (tertiary/aromatic N) is 4. The van der Waals surface area contributed by atoms with Crippen LogP contribution in [-0.2, 0) is 19.3 Å². The van der Waals surface area contributed by atoms with E-state index in [0.29, 0.717) is 28.3 Å². The number of guanidine groups is 1. The first-order valence-corrected chi connectivity index (χ1v) is 16.9. The molecule has 15 heteroatoms. The number of sulfone groups is 1. The van der Waals surface area contributed by atoms with Crippen LogP contribution in [0.15, 0.2) is 75.9 Å². The first kappa shape index (κ1) is 36.5. The van der Waals surface area contributed by atoms with E-state index >= 15 is 0 Å². The first-order valence-electron chi connectivity index (χ1n) is 15.4. The van der Waals surface area contributed by atoms with E-state index in [1.165, 1.54) is 18.3 Å². The number of hydrogen-bond acceptors (Lipinski definition) is 11. The largest absolute Gasteiger partial charge is 0.443 e. The number of aromatic nitrogens is 3. The van der Waals surface area contributed by atoms with Crippen LogP contribution in [-0.4, -0.2) is 58.1 Å². The number of benzene rings is 1. The summed E-state index contributed by atoms with van der Waals surface area (Å²) in [7, 11) is -3.51. The number of amides is 2. The number of nitrogens with two attached hydrogens (primary N) is 1. The Morgan fingerprint density at radius 1 is 1.02 bits per heavy atom. The van der Waals surface area contributed by atoms with Crippen LogP contribution in [0.1, 0.15) is 67.5 Å². The van der Waals surface area contributed by atoms with Crippen molar-refractivity contribution in [3.63, 3.8) is 0 Å². The Morgan fingerprint density at radius 3 is 2.14 bits per heavy atom. The number of imide groups is 1. The summed E-state index contributed by atoms with van der Waals surface area (Å²) in [5.74, 6) is -0.341. The molecule has 0 bridgehead atoms. The maximum absolute atomic E-state index is 13.6. The molecule has 2 heterocycles. The lowest BCUT2D eigenvalue weighted by Crippen LogP contribution is -2.44. The molecule has 0 aliphatic heterocycles. The summed E-state index contributed by atoms with van der Waals surface area (Å²) in [5.41, 5.74) is 6.23. The number of hydrogen-bond donors (Lipinski definition) is 3. The Labute approximate surface area is 285 Å². The number of nitrogens with one attached hydrogen (secondary N) is 2. The lowest BCUT2D eigenvalue weighted by atomic mass is 10.0. The summed E-state index contributed by atoms with van der Waals surface area (Å²) < 4.78 is 42.3. The molecule has 14 nitrogen and oxygen atoms in total. The Balaban J connectivity index is 1.84. The van der Waals surface area contributed by atoms with E-state index in [1.54, 1.807) is 79.8 Å². The van der Waals surface area contributed by atoms with Gasteiger partial charge in [0.2, 0.25) is 0 Å². The molecule has 2 amide bonds. The molecule has 2 aromatic heterocycles. The Kier molecular flexibility index (Phi) is 10.5. The third-order valence-corrected chi connectivity index (χ3v) is 8.87. The van der Waals surface area contributed by atoms with Gasteiger partial charge in [0.15, 0.2) is 33.1 Å². The van der Waals surface area contributed by atoms with E-state index in [0.717, 1.165) is 11.1 Å². The highest BCUT2D eigenvalue weighted by atomic mass is 32.2. The normalized spacial score (nSPS) is 14.4. The van der Waals surface area contributed by atoms with Gasteiger partial charge in [0.05, 0.1) is 22.0 Å². The summed E-state index contributed by atoms with van der Waals surface area (Å²) in [6.07, 6.45) is 6.93. The third-order valence-electron chi connectivity index (χ3n) is 6.70. The van der Waals surface area contributed by atoms with Crippen molar-refractivity contribution in [1.82, 2.24) is 20.4 Å². The second-order valence-electron chi connectivity index (χ2n) is 13.4. The number of rotatable bonds is 7. The molecule has 0 atom stereocenters. The highest BCUT2D eigenvalue weighted by Gasteiger charge is 2.37. The predicted molar refractivity (Wildman–Crippen MR) is 185 cm³/mol. The molecule has 0 saturated heterocycles. The fraction of sp³-hybridized carbons (Fsp3) is 0.353. The zero-order valence-corrected chi connectivity index (χ0v) is 29.5. The van der Waals surface area contributed by atoms with E-state index in [4.69, 9.17) is 30.1 Å². The Morgan fingerprint density at radius 2 is 1.63 bits per heavy atom. The van der Waals surface area contributed by atoms with E-state index < -0.39 is 38.5 Å². The minimum absolute atomic E-state index is 0.0292. The molecule has 0 spiro atoms. The molecule has 1 aliphatic rings. The molecule has 4 N–H and O–H groups in total. The van der Waals surface area contributed by atoms with Crippen molar-refractivity contribution in [2.45, 2.75) is 83.2 Å². The standard InChI is InChI=1S/C34H41N7O7S/c1-20(2)49(44,45)24-15-13-23(14-16-24)26-19-37-29(41(31(42)46-33(3,4)5)32(43)47-34(6,7)8)28(39-26)27-17-25(40-48-27)22-11-9-21(10-12-22)18-38-30(35)36/h9,11-20H,10H2,1-8H3,(H4,35,36,38). The Hall–Kier alpha value is -5.31. The lowest BCUT2D eigenvalue weighted by Gasteiger charge is -2.28. The smallest absolute Gasteiger partial charge is 0.425 e. The van der Waals surface area contributed by atoms with Crippen molar-refractivity contribution in [2.24, 2.45) is 5.73 Å². The molecule has 0 radical (unpaired) electrons. The van der Waals surface area contributed by atoms with Gasteiger partial charge in [0, 0.05) is 23.4 Å². The van der Waals surface area contributed by atoms with Gasteiger partial charge in [-0.3, -0.25) is 5.41 Å². The summed E-state index contributed by atoms with van der Waals surface area (Å²) in [4.78, 5) is 37.2. The Bertz CT molecular complexity index is 1920. The van der Waals surface area contributed by atoms with Gasteiger partial charge in [-0.15, -0.1) is 0 Å². The van der Waals surface area contributed by atoms with Gasteiger partial charge >= 0.3 is 12.2 Å². The first-order chi connectivity index (χ1) is 22.7. The predicted octanol–water partition coefficient (Wildman–Crippen LogP) is 6.37. The molecular formula is C34H41N7O7S. The fourth-order valence-corrected chi connectivity index (χ4v) is 5.41. The number of carbonyl (C=O) groups is 2. The van der Waals surface area contributed by atoms with Gasteiger partial charge in [0.1, 0.15) is 16.9 Å². The van der Waals surface area contributed by atoms with Gasteiger partial charge in [-0.2, -0.15) is 4.90 Å². The average molecular weight is 692 g/mol. The molecule has 0 fully saturated rings. The van der Waals surface area contributed by atoms with Crippen molar-refractivity contribution in [2.75, 3.05) is 4.90 Å². The summed E-state index contributed by atoms with van der Waals surface area (Å²) in [6.45, 7) is 13.1. The molecule has 0 unspecified atom stereocenters. The topological polar surface area (TPSA) is 204 Å². The second-order valence-corrected chi connectivity index (χ2v) is 15.9. The van der Waals surface area contributed by atoms with Crippen LogP contribution in [0.2, 0.25) is 0 Å². The van der Waals surface area contributed by atoms with E-state index in [1.807, 2.05) is 18.2 Å². The third kappa shape index (κ3) is 9.19. The number of ether oxygens (including phenoxy) is 2. The molecule has 1 aliphatic carbocycles.